The second-order valence-corrected chi connectivity index (χ2v) is 17.1. The smallest absolute Gasteiger partial charge is 0.0941 e. The summed E-state index contributed by atoms with van der Waals surface area (Å²) in [6, 6.07) is 59.8. The van der Waals surface area contributed by atoms with Crippen molar-refractivity contribution in [2.24, 2.45) is 0 Å². The number of benzene rings is 6. The Morgan fingerprint density at radius 1 is 0.431 bits per heavy atom. The third-order valence-electron chi connectivity index (χ3n) is 14.0. The number of rotatable bonds is 6. The van der Waals surface area contributed by atoms with Gasteiger partial charge in [-0.1, -0.05) is 133 Å². The molecule has 0 amide bonds. The Hall–Kier alpha value is -6.00. The van der Waals surface area contributed by atoms with Gasteiger partial charge in [0.2, 0.25) is 0 Å². The maximum atomic E-state index is 6.07. The van der Waals surface area contributed by atoms with E-state index >= 15 is 0 Å². The van der Waals surface area contributed by atoms with Crippen LogP contribution in [0.1, 0.15) is 97.1 Å². The van der Waals surface area contributed by atoms with Crippen molar-refractivity contribution in [3.8, 4) is 22.5 Å². The summed E-state index contributed by atoms with van der Waals surface area (Å²) < 4.78 is 0. The first-order chi connectivity index (χ1) is 28.6. The summed E-state index contributed by atoms with van der Waals surface area (Å²) in [5.41, 5.74) is 14.9. The van der Waals surface area contributed by atoms with Gasteiger partial charge >= 0.3 is 0 Å². The summed E-state index contributed by atoms with van der Waals surface area (Å²) in [5, 5.41) is 0. The van der Waals surface area contributed by atoms with E-state index in [1.165, 1.54) is 94.4 Å². The minimum absolute atomic E-state index is 0.491. The van der Waals surface area contributed by atoms with Gasteiger partial charge in [-0.2, -0.15) is 0 Å². The minimum atomic E-state index is -0.668. The van der Waals surface area contributed by atoms with E-state index in [1.54, 1.807) is 0 Å². The second-order valence-electron chi connectivity index (χ2n) is 17.1. The summed E-state index contributed by atoms with van der Waals surface area (Å²) >= 11 is 0. The first kappa shape index (κ1) is 35.2. The van der Waals surface area contributed by atoms with Crippen molar-refractivity contribution in [3.05, 3.63) is 202 Å². The molecule has 2 unspecified atom stereocenters. The van der Waals surface area contributed by atoms with Crippen LogP contribution in [0.2, 0.25) is 0 Å². The SMILES string of the molecule is CC1CCCCN1c1ccc2c(c1)C(c1ccccc1)(c1ccccc1)c1nc3c(nc1-2)C(c1ccccc1)(c1ccccc1)c1cc(N2CCCCC2C)ccc1-3. The molecular formula is C54H50N4. The molecule has 0 N–H and O–H groups in total. The molecule has 11 rings (SSSR count). The van der Waals surface area contributed by atoms with Crippen LogP contribution in [0.15, 0.2) is 158 Å². The van der Waals surface area contributed by atoms with E-state index in [1.807, 2.05) is 0 Å². The molecule has 6 aromatic carbocycles. The normalized spacial score (nSPS) is 19.9. The van der Waals surface area contributed by atoms with Crippen molar-refractivity contribution in [2.45, 2.75) is 75.3 Å². The zero-order chi connectivity index (χ0) is 38.8. The Balaban J connectivity index is 1.25. The van der Waals surface area contributed by atoms with E-state index in [-0.39, 0.29) is 0 Å². The lowest BCUT2D eigenvalue weighted by atomic mass is 9.69. The minimum Gasteiger partial charge on any atom is -0.369 e. The highest BCUT2D eigenvalue weighted by Crippen LogP contribution is 2.61. The lowest BCUT2D eigenvalue weighted by molar-refractivity contribution is 0.484. The number of fused-ring (bicyclic) bond motifs is 6. The molecule has 286 valence electrons. The van der Waals surface area contributed by atoms with Crippen LogP contribution in [-0.2, 0) is 10.8 Å². The van der Waals surface area contributed by atoms with Gasteiger partial charge in [0.1, 0.15) is 0 Å². The van der Waals surface area contributed by atoms with Crippen LogP contribution in [0.4, 0.5) is 11.4 Å². The van der Waals surface area contributed by atoms with Crippen LogP contribution in [0.25, 0.3) is 22.5 Å². The average molecular weight is 755 g/mol. The molecule has 58 heavy (non-hydrogen) atoms. The van der Waals surface area contributed by atoms with E-state index in [9.17, 15) is 0 Å². The Bertz CT molecular complexity index is 2360. The molecule has 2 saturated heterocycles. The van der Waals surface area contributed by atoms with Crippen molar-refractivity contribution in [1.82, 2.24) is 9.97 Å². The lowest BCUT2D eigenvalue weighted by Gasteiger charge is -2.37. The molecule has 3 heterocycles. The van der Waals surface area contributed by atoms with Gasteiger partial charge in [0, 0.05) is 47.7 Å². The van der Waals surface area contributed by atoms with Crippen LogP contribution in [0.5, 0.6) is 0 Å². The molecule has 4 nitrogen and oxygen atoms in total. The fourth-order valence-corrected chi connectivity index (χ4v) is 11.3. The standard InChI is InChI=1S/C54H50N4/c1-37-19-15-17-33-57(37)43-29-31-45-47(35-43)53(39-21-7-3-8-22-39,40-23-9-4-10-24-40)51-49(45)55-52-50(56-51)46-32-30-44(58-34-18-16-20-38(58)2)36-48(46)54(52,41-25-11-5-12-26-41)42-27-13-6-14-28-42/h3-14,21-32,35-38H,15-20,33-34H2,1-2H3. The molecule has 2 atom stereocenters. The predicted molar refractivity (Wildman–Crippen MR) is 238 cm³/mol. The predicted octanol–water partition coefficient (Wildman–Crippen LogP) is 12.0. The van der Waals surface area contributed by atoms with Crippen LogP contribution in [0.3, 0.4) is 0 Å². The van der Waals surface area contributed by atoms with Crippen molar-refractivity contribution >= 4 is 11.4 Å². The molecule has 0 radical (unpaired) electrons. The number of aromatic nitrogens is 2. The third kappa shape index (κ3) is 5.06. The third-order valence-corrected chi connectivity index (χ3v) is 14.0. The molecular weight excluding hydrogens is 705 g/mol. The maximum Gasteiger partial charge on any atom is 0.0941 e. The van der Waals surface area contributed by atoms with Gasteiger partial charge in [-0.05, 0) is 110 Å². The van der Waals surface area contributed by atoms with E-state index < -0.39 is 10.8 Å². The van der Waals surface area contributed by atoms with Gasteiger partial charge in [-0.3, -0.25) is 0 Å². The van der Waals surface area contributed by atoms with Gasteiger partial charge in [-0.15, -0.1) is 0 Å². The van der Waals surface area contributed by atoms with Crippen LogP contribution < -0.4 is 9.80 Å². The quantitative estimate of drug-likeness (QED) is 0.169. The van der Waals surface area contributed by atoms with E-state index in [2.05, 4.69) is 181 Å². The molecule has 4 heteroatoms. The molecule has 4 aliphatic rings. The maximum absolute atomic E-state index is 6.07. The van der Waals surface area contributed by atoms with Gasteiger partial charge in [0.15, 0.2) is 0 Å². The lowest BCUT2D eigenvalue weighted by Crippen LogP contribution is -2.37. The van der Waals surface area contributed by atoms with Gasteiger partial charge in [-0.25, -0.2) is 9.97 Å². The van der Waals surface area contributed by atoms with Gasteiger partial charge < -0.3 is 9.80 Å². The van der Waals surface area contributed by atoms with Crippen molar-refractivity contribution in [2.75, 3.05) is 22.9 Å². The molecule has 0 saturated carbocycles. The highest BCUT2D eigenvalue weighted by Gasteiger charge is 2.54. The average Bonchev–Trinajstić information content (AvgIpc) is 3.74. The highest BCUT2D eigenvalue weighted by molar-refractivity contribution is 5.90. The summed E-state index contributed by atoms with van der Waals surface area (Å²) in [4.78, 5) is 17.4. The van der Waals surface area contributed by atoms with Crippen LogP contribution >= 0.6 is 0 Å². The summed E-state index contributed by atoms with van der Waals surface area (Å²) in [5.74, 6) is 0. The van der Waals surface area contributed by atoms with Crippen LogP contribution in [-0.4, -0.2) is 35.1 Å². The Kier molecular flexibility index (Phi) is 8.39. The Morgan fingerprint density at radius 3 is 1.10 bits per heavy atom. The molecule has 2 fully saturated rings. The fourth-order valence-electron chi connectivity index (χ4n) is 11.3. The number of nitrogens with zero attached hydrogens (tertiary/aromatic N) is 4. The van der Waals surface area contributed by atoms with E-state index in [0.717, 1.165) is 35.9 Å². The van der Waals surface area contributed by atoms with E-state index in [0.29, 0.717) is 12.1 Å². The molecule has 0 bridgehead atoms. The summed E-state index contributed by atoms with van der Waals surface area (Å²) in [6.07, 6.45) is 7.45. The van der Waals surface area contributed by atoms with Crippen molar-refractivity contribution in [3.63, 3.8) is 0 Å². The van der Waals surface area contributed by atoms with Crippen molar-refractivity contribution in [1.29, 1.82) is 0 Å². The molecule has 1 aromatic heterocycles. The largest absolute Gasteiger partial charge is 0.369 e. The first-order valence-corrected chi connectivity index (χ1v) is 21.6. The Labute approximate surface area is 343 Å². The topological polar surface area (TPSA) is 32.3 Å². The summed E-state index contributed by atoms with van der Waals surface area (Å²) in [6.45, 7) is 6.93. The second kappa shape index (κ2) is 13.8. The number of anilines is 2. The fraction of sp³-hybridized carbons (Fsp3) is 0.259. The van der Waals surface area contributed by atoms with Gasteiger partial charge in [0.05, 0.1) is 33.6 Å². The molecule has 2 aliphatic carbocycles. The number of piperidine rings is 2. The molecule has 7 aromatic rings. The number of hydrogen-bond acceptors (Lipinski definition) is 4. The van der Waals surface area contributed by atoms with Crippen LogP contribution in [0, 0.1) is 0 Å². The summed E-state index contributed by atoms with van der Waals surface area (Å²) in [7, 11) is 0. The zero-order valence-corrected chi connectivity index (χ0v) is 33.6. The molecule has 0 spiro atoms. The molecule has 2 aliphatic heterocycles. The number of hydrogen-bond donors (Lipinski definition) is 0. The zero-order valence-electron chi connectivity index (χ0n) is 33.6. The van der Waals surface area contributed by atoms with E-state index in [4.69, 9.17) is 9.97 Å². The monoisotopic (exact) mass is 754 g/mol. The van der Waals surface area contributed by atoms with Gasteiger partial charge in [0.25, 0.3) is 0 Å². The van der Waals surface area contributed by atoms with Crippen molar-refractivity contribution < 1.29 is 0 Å². The Morgan fingerprint density at radius 2 is 0.776 bits per heavy atom. The first-order valence-electron chi connectivity index (χ1n) is 21.6. The highest BCUT2D eigenvalue weighted by atomic mass is 15.2.